The molecular formula is C21H22N2O3. The third-order valence-corrected chi connectivity index (χ3v) is 5.36. The highest BCUT2D eigenvalue weighted by Gasteiger charge is 2.33. The Morgan fingerprint density at radius 1 is 0.846 bits per heavy atom. The molecule has 5 heteroatoms. The maximum atomic E-state index is 12.8. The van der Waals surface area contributed by atoms with Crippen LogP contribution in [0.5, 0.6) is 0 Å². The minimum absolute atomic E-state index is 0.0320. The second-order valence-electron chi connectivity index (χ2n) is 7.02. The molecule has 0 atom stereocenters. The van der Waals surface area contributed by atoms with Gasteiger partial charge >= 0.3 is 0 Å². The van der Waals surface area contributed by atoms with E-state index in [1.54, 1.807) is 12.1 Å². The molecule has 4 rings (SSSR count). The van der Waals surface area contributed by atoms with Gasteiger partial charge in [0, 0.05) is 42.6 Å². The summed E-state index contributed by atoms with van der Waals surface area (Å²) in [6.45, 7) is 1.70. The van der Waals surface area contributed by atoms with Crippen LogP contribution in [0.15, 0.2) is 36.4 Å². The molecule has 0 bridgehead atoms. The molecule has 0 radical (unpaired) electrons. The molecule has 2 aliphatic rings. The van der Waals surface area contributed by atoms with Gasteiger partial charge in [-0.3, -0.25) is 19.3 Å². The zero-order valence-corrected chi connectivity index (χ0v) is 14.7. The lowest BCUT2D eigenvalue weighted by atomic mass is 9.94. The molecule has 3 amide bonds. The summed E-state index contributed by atoms with van der Waals surface area (Å²) in [5, 5.41) is 1.61. The SMILES string of the molecule is O=C(CCN1C(=O)c2cccc3cccc(c23)C1=O)N1CCCCCC1. The van der Waals surface area contributed by atoms with Crippen LogP contribution in [-0.4, -0.2) is 47.2 Å². The van der Waals surface area contributed by atoms with Crippen molar-refractivity contribution in [2.45, 2.75) is 32.1 Å². The van der Waals surface area contributed by atoms with Gasteiger partial charge in [-0.2, -0.15) is 0 Å². The van der Waals surface area contributed by atoms with Gasteiger partial charge in [0.15, 0.2) is 0 Å². The highest BCUT2D eigenvalue weighted by atomic mass is 16.2. The van der Waals surface area contributed by atoms with E-state index in [1.807, 2.05) is 29.2 Å². The summed E-state index contributed by atoms with van der Waals surface area (Å²) in [6.07, 6.45) is 4.57. The molecule has 134 valence electrons. The first-order chi connectivity index (χ1) is 12.7. The molecule has 0 aromatic heterocycles. The van der Waals surface area contributed by atoms with Gasteiger partial charge in [-0.1, -0.05) is 37.1 Å². The predicted octanol–water partition coefficient (Wildman–Crippen LogP) is 3.23. The number of likely N-dealkylation sites (tertiary alicyclic amines) is 1. The summed E-state index contributed by atoms with van der Waals surface area (Å²) < 4.78 is 0. The second-order valence-corrected chi connectivity index (χ2v) is 7.02. The summed E-state index contributed by atoms with van der Waals surface area (Å²) >= 11 is 0. The highest BCUT2D eigenvalue weighted by Crippen LogP contribution is 2.30. The number of hydrogen-bond donors (Lipinski definition) is 0. The monoisotopic (exact) mass is 350 g/mol. The van der Waals surface area contributed by atoms with Crippen LogP contribution in [0.4, 0.5) is 0 Å². The topological polar surface area (TPSA) is 57.7 Å². The Morgan fingerprint density at radius 3 is 2.00 bits per heavy atom. The molecule has 5 nitrogen and oxygen atoms in total. The van der Waals surface area contributed by atoms with E-state index < -0.39 is 0 Å². The van der Waals surface area contributed by atoms with Crippen LogP contribution in [0.25, 0.3) is 10.8 Å². The minimum Gasteiger partial charge on any atom is -0.343 e. The Labute approximate surface area is 152 Å². The van der Waals surface area contributed by atoms with Crippen LogP contribution in [0, 0.1) is 0 Å². The number of hydrogen-bond acceptors (Lipinski definition) is 3. The lowest BCUT2D eigenvalue weighted by Crippen LogP contribution is -2.43. The van der Waals surface area contributed by atoms with E-state index in [0.717, 1.165) is 49.5 Å². The molecule has 26 heavy (non-hydrogen) atoms. The number of carbonyl (C=O) groups excluding carboxylic acids is 3. The summed E-state index contributed by atoms with van der Waals surface area (Å²) in [5.41, 5.74) is 1.08. The largest absolute Gasteiger partial charge is 0.343 e. The van der Waals surface area contributed by atoms with Crippen molar-refractivity contribution in [3.05, 3.63) is 47.5 Å². The van der Waals surface area contributed by atoms with Gasteiger partial charge in [-0.15, -0.1) is 0 Å². The van der Waals surface area contributed by atoms with E-state index in [1.165, 1.54) is 4.90 Å². The number of rotatable bonds is 3. The Bertz CT molecular complexity index is 831. The summed E-state index contributed by atoms with van der Waals surface area (Å²) in [5.74, 6) is -0.574. The van der Waals surface area contributed by atoms with Crippen molar-refractivity contribution in [1.82, 2.24) is 9.80 Å². The molecule has 0 spiro atoms. The standard InChI is InChI=1S/C21H22N2O3/c24-18(22-12-3-1-2-4-13-22)11-14-23-20(25)16-9-5-7-15-8-6-10-17(19(15)16)21(23)26/h5-10H,1-4,11-14H2. The molecular weight excluding hydrogens is 328 g/mol. The fraction of sp³-hybridized carbons (Fsp3) is 0.381. The Kier molecular flexibility index (Phi) is 4.45. The minimum atomic E-state index is -0.303. The van der Waals surface area contributed by atoms with Gasteiger partial charge in [0.05, 0.1) is 0 Å². The predicted molar refractivity (Wildman–Crippen MR) is 99.0 cm³/mol. The summed E-state index contributed by atoms with van der Waals surface area (Å²) in [4.78, 5) is 41.3. The van der Waals surface area contributed by atoms with E-state index in [0.29, 0.717) is 11.1 Å². The van der Waals surface area contributed by atoms with E-state index >= 15 is 0 Å². The third kappa shape index (κ3) is 2.87. The van der Waals surface area contributed by atoms with Crippen molar-refractivity contribution in [1.29, 1.82) is 0 Å². The van der Waals surface area contributed by atoms with Gasteiger partial charge in [0.2, 0.25) is 5.91 Å². The van der Waals surface area contributed by atoms with Crippen LogP contribution in [0.3, 0.4) is 0 Å². The van der Waals surface area contributed by atoms with E-state index in [4.69, 9.17) is 0 Å². The second kappa shape index (κ2) is 6.90. The van der Waals surface area contributed by atoms with Crippen molar-refractivity contribution < 1.29 is 14.4 Å². The molecule has 0 aliphatic carbocycles. The molecule has 1 saturated heterocycles. The molecule has 0 N–H and O–H groups in total. The fourth-order valence-electron chi connectivity index (χ4n) is 3.97. The molecule has 0 saturated carbocycles. The van der Waals surface area contributed by atoms with E-state index in [2.05, 4.69) is 0 Å². The number of carbonyl (C=O) groups is 3. The molecule has 2 heterocycles. The maximum absolute atomic E-state index is 12.8. The fourth-order valence-corrected chi connectivity index (χ4v) is 3.97. The van der Waals surface area contributed by atoms with Crippen molar-refractivity contribution >= 4 is 28.5 Å². The third-order valence-electron chi connectivity index (χ3n) is 5.36. The lowest BCUT2D eigenvalue weighted by molar-refractivity contribution is -0.131. The summed E-state index contributed by atoms with van der Waals surface area (Å²) in [7, 11) is 0. The quantitative estimate of drug-likeness (QED) is 0.799. The van der Waals surface area contributed by atoms with Gasteiger partial charge in [0.1, 0.15) is 0 Å². The van der Waals surface area contributed by atoms with Gasteiger partial charge < -0.3 is 4.90 Å². The Hall–Kier alpha value is -2.69. The lowest BCUT2D eigenvalue weighted by Gasteiger charge is -2.28. The van der Waals surface area contributed by atoms with Gasteiger partial charge in [-0.25, -0.2) is 0 Å². The number of amides is 3. The Morgan fingerprint density at radius 2 is 1.42 bits per heavy atom. The van der Waals surface area contributed by atoms with E-state index in [9.17, 15) is 14.4 Å². The Balaban J connectivity index is 1.54. The molecule has 2 aromatic carbocycles. The molecule has 1 fully saturated rings. The van der Waals surface area contributed by atoms with Crippen molar-refractivity contribution in [3.63, 3.8) is 0 Å². The molecule has 2 aromatic rings. The van der Waals surface area contributed by atoms with Crippen molar-refractivity contribution in [2.24, 2.45) is 0 Å². The average molecular weight is 350 g/mol. The van der Waals surface area contributed by atoms with Crippen molar-refractivity contribution in [3.8, 4) is 0 Å². The zero-order chi connectivity index (χ0) is 18.1. The van der Waals surface area contributed by atoms with Crippen LogP contribution in [0.1, 0.15) is 52.8 Å². The van der Waals surface area contributed by atoms with Crippen LogP contribution >= 0.6 is 0 Å². The van der Waals surface area contributed by atoms with E-state index in [-0.39, 0.29) is 30.7 Å². The maximum Gasteiger partial charge on any atom is 0.261 e. The van der Waals surface area contributed by atoms with Gasteiger partial charge in [-0.05, 0) is 30.4 Å². The zero-order valence-electron chi connectivity index (χ0n) is 14.7. The summed E-state index contributed by atoms with van der Waals surface area (Å²) in [6, 6.07) is 11.0. The van der Waals surface area contributed by atoms with Crippen molar-refractivity contribution in [2.75, 3.05) is 19.6 Å². The average Bonchev–Trinajstić information content (AvgIpc) is 2.95. The van der Waals surface area contributed by atoms with Crippen LogP contribution < -0.4 is 0 Å². The first kappa shape index (κ1) is 16.8. The smallest absolute Gasteiger partial charge is 0.261 e. The normalized spacial score (nSPS) is 17.5. The molecule has 0 unspecified atom stereocenters. The number of benzene rings is 2. The number of imide groups is 1. The molecule has 2 aliphatic heterocycles. The first-order valence-electron chi connectivity index (χ1n) is 9.32. The van der Waals surface area contributed by atoms with Crippen LogP contribution in [-0.2, 0) is 4.79 Å². The first-order valence-corrected chi connectivity index (χ1v) is 9.32. The highest BCUT2D eigenvalue weighted by molar-refractivity contribution is 6.25. The van der Waals surface area contributed by atoms with Gasteiger partial charge in [0.25, 0.3) is 11.8 Å². The number of nitrogens with zero attached hydrogens (tertiary/aromatic N) is 2. The van der Waals surface area contributed by atoms with Crippen LogP contribution in [0.2, 0.25) is 0 Å².